The number of carbonyl (C=O) groups is 1. The summed E-state index contributed by atoms with van der Waals surface area (Å²) in [5.41, 5.74) is 2.17. The van der Waals surface area contributed by atoms with E-state index < -0.39 is 10.0 Å². The Morgan fingerprint density at radius 2 is 1.66 bits per heavy atom. The zero-order valence-electron chi connectivity index (χ0n) is 18.5. The molecule has 32 heavy (non-hydrogen) atoms. The molecule has 0 atom stereocenters. The second-order valence-electron chi connectivity index (χ2n) is 8.07. The van der Waals surface area contributed by atoms with E-state index in [0.717, 1.165) is 56.4 Å². The fourth-order valence-electron chi connectivity index (χ4n) is 3.83. The molecule has 172 valence electrons. The molecular weight excluding hydrogens is 422 g/mol. The first kappa shape index (κ1) is 24.2. The second kappa shape index (κ2) is 12.5. The van der Waals surface area contributed by atoms with E-state index in [1.54, 1.807) is 6.08 Å². The maximum absolute atomic E-state index is 12.6. The molecule has 0 bridgehead atoms. The summed E-state index contributed by atoms with van der Waals surface area (Å²) in [6.07, 6.45) is 4.84. The van der Waals surface area contributed by atoms with Crippen molar-refractivity contribution in [1.29, 1.82) is 0 Å². The van der Waals surface area contributed by atoms with Crippen molar-refractivity contribution < 1.29 is 13.2 Å². The molecule has 1 aliphatic heterocycles. The lowest BCUT2D eigenvalue weighted by Gasteiger charge is -2.22. The summed E-state index contributed by atoms with van der Waals surface area (Å²) >= 11 is 0. The zero-order valence-corrected chi connectivity index (χ0v) is 19.3. The van der Waals surface area contributed by atoms with Crippen LogP contribution >= 0.6 is 0 Å². The number of sulfonamides is 1. The normalized spacial score (nSPS) is 15.7. The van der Waals surface area contributed by atoms with Crippen molar-refractivity contribution in [3.05, 3.63) is 77.2 Å². The highest BCUT2D eigenvalue weighted by molar-refractivity contribution is 7.92. The summed E-state index contributed by atoms with van der Waals surface area (Å²) < 4.78 is 26.8. The Labute approximate surface area is 192 Å². The second-order valence-corrected chi connectivity index (χ2v) is 9.72. The van der Waals surface area contributed by atoms with E-state index in [0.29, 0.717) is 6.54 Å². The maximum atomic E-state index is 12.6. The quantitative estimate of drug-likeness (QED) is 0.598. The van der Waals surface area contributed by atoms with Gasteiger partial charge in [0.05, 0.1) is 0 Å². The number of hydrogen-bond donors (Lipinski definition) is 1. The fourth-order valence-corrected chi connectivity index (χ4v) is 4.65. The molecular formula is C25H33N3O3S. The lowest BCUT2D eigenvalue weighted by molar-refractivity contribution is -0.130. The Hall–Kier alpha value is -2.48. The number of nitrogens with one attached hydrogen (secondary N) is 1. The monoisotopic (exact) mass is 455 g/mol. The molecule has 0 unspecified atom stereocenters. The third kappa shape index (κ3) is 8.57. The van der Waals surface area contributed by atoms with Crippen molar-refractivity contribution in [2.75, 3.05) is 39.3 Å². The van der Waals surface area contributed by atoms with Gasteiger partial charge in [-0.2, -0.15) is 0 Å². The molecule has 1 aliphatic rings. The van der Waals surface area contributed by atoms with Crippen LogP contribution in [0.25, 0.3) is 6.08 Å². The van der Waals surface area contributed by atoms with Gasteiger partial charge in [0.1, 0.15) is 0 Å². The molecule has 0 spiro atoms. The Kier molecular flexibility index (Phi) is 9.46. The lowest BCUT2D eigenvalue weighted by Crippen LogP contribution is -2.37. The zero-order chi connectivity index (χ0) is 22.7. The van der Waals surface area contributed by atoms with Crippen LogP contribution in [0, 0.1) is 0 Å². The number of rotatable bonds is 10. The van der Waals surface area contributed by atoms with Gasteiger partial charge in [0.25, 0.3) is 0 Å². The molecule has 2 aromatic rings. The highest BCUT2D eigenvalue weighted by Gasteiger charge is 2.19. The average Bonchev–Trinajstić information content (AvgIpc) is 3.05. The summed E-state index contributed by atoms with van der Waals surface area (Å²) in [7, 11) is -3.56. The molecule has 1 N–H and O–H groups in total. The minimum atomic E-state index is -3.56. The predicted molar refractivity (Wildman–Crippen MR) is 129 cm³/mol. The first-order valence-corrected chi connectivity index (χ1v) is 12.8. The molecule has 1 fully saturated rings. The van der Waals surface area contributed by atoms with E-state index in [9.17, 15) is 13.2 Å². The van der Waals surface area contributed by atoms with Gasteiger partial charge in [-0.15, -0.1) is 0 Å². The summed E-state index contributed by atoms with van der Waals surface area (Å²) in [6, 6.07) is 19.8. The number of hydrogen-bond acceptors (Lipinski definition) is 4. The van der Waals surface area contributed by atoms with Crippen molar-refractivity contribution >= 4 is 22.0 Å². The van der Waals surface area contributed by atoms with Gasteiger partial charge in [-0.3, -0.25) is 4.79 Å². The Balaban J connectivity index is 1.36. The Bertz CT molecular complexity index is 962. The predicted octanol–water partition coefficient (Wildman–Crippen LogP) is 3.13. The molecule has 0 radical (unpaired) electrons. The number of nitrogens with zero attached hydrogens (tertiary/aromatic N) is 2. The van der Waals surface area contributed by atoms with Crippen LogP contribution < -0.4 is 4.72 Å². The van der Waals surface area contributed by atoms with Gasteiger partial charge in [-0.1, -0.05) is 60.7 Å². The fraction of sp³-hybridized carbons (Fsp3) is 0.400. The molecule has 6 nitrogen and oxygen atoms in total. The van der Waals surface area contributed by atoms with Crippen molar-refractivity contribution in [3.63, 3.8) is 0 Å². The summed E-state index contributed by atoms with van der Waals surface area (Å²) in [5, 5.41) is 1.14. The number of benzene rings is 2. The first-order valence-electron chi connectivity index (χ1n) is 11.3. The Morgan fingerprint density at radius 1 is 0.938 bits per heavy atom. The van der Waals surface area contributed by atoms with Crippen molar-refractivity contribution in [2.24, 2.45) is 0 Å². The van der Waals surface area contributed by atoms with Crippen LogP contribution in [0.2, 0.25) is 0 Å². The molecule has 2 aromatic carbocycles. The third-order valence-corrected chi connectivity index (χ3v) is 6.71. The van der Waals surface area contributed by atoms with Crippen LogP contribution in [0.4, 0.5) is 0 Å². The van der Waals surface area contributed by atoms with Gasteiger partial charge in [-0.05, 0) is 49.6 Å². The number of amides is 1. The van der Waals surface area contributed by atoms with Crippen LogP contribution in [-0.2, 0) is 21.2 Å². The molecule has 7 heteroatoms. The Morgan fingerprint density at radius 3 is 2.41 bits per heavy atom. The molecule has 1 heterocycles. The topological polar surface area (TPSA) is 69.7 Å². The van der Waals surface area contributed by atoms with Crippen LogP contribution in [0.15, 0.2) is 66.1 Å². The van der Waals surface area contributed by atoms with E-state index in [1.807, 2.05) is 41.3 Å². The first-order chi connectivity index (χ1) is 15.5. The third-order valence-electron chi connectivity index (χ3n) is 5.61. The molecule has 3 rings (SSSR count). The minimum absolute atomic E-state index is 0.00544. The standard InChI is InChI=1S/C25H33N3O3S/c29-25(14-16-26-32(30,31)22-15-24-11-5-2-6-12-24)28-19-8-18-27(20-21-28)17-7-13-23-9-3-1-4-10-23/h1-6,9-12,15,22,26H,7-8,13-14,16-21H2/b22-15+. The SMILES string of the molecule is O=C(CCNS(=O)(=O)/C=C/c1ccccc1)N1CCCN(CCCc2ccccc2)CC1. The minimum Gasteiger partial charge on any atom is -0.341 e. The van der Waals surface area contributed by atoms with Crippen LogP contribution in [-0.4, -0.2) is 63.4 Å². The van der Waals surface area contributed by atoms with Crippen LogP contribution in [0.3, 0.4) is 0 Å². The smallest absolute Gasteiger partial charge is 0.233 e. The number of aryl methyl sites for hydroxylation is 1. The number of carbonyl (C=O) groups excluding carboxylic acids is 1. The summed E-state index contributed by atoms with van der Waals surface area (Å²) in [6.45, 7) is 4.43. The van der Waals surface area contributed by atoms with Gasteiger partial charge in [0.2, 0.25) is 15.9 Å². The average molecular weight is 456 g/mol. The van der Waals surface area contributed by atoms with Crippen molar-refractivity contribution in [3.8, 4) is 0 Å². The van der Waals surface area contributed by atoms with E-state index in [2.05, 4.69) is 33.9 Å². The van der Waals surface area contributed by atoms with Gasteiger partial charge in [0.15, 0.2) is 0 Å². The molecule has 0 saturated carbocycles. The summed E-state index contributed by atoms with van der Waals surface area (Å²) in [4.78, 5) is 16.9. The molecule has 0 aromatic heterocycles. The molecule has 0 aliphatic carbocycles. The van der Waals surface area contributed by atoms with E-state index >= 15 is 0 Å². The largest absolute Gasteiger partial charge is 0.341 e. The van der Waals surface area contributed by atoms with Crippen molar-refractivity contribution in [1.82, 2.24) is 14.5 Å². The highest BCUT2D eigenvalue weighted by atomic mass is 32.2. The van der Waals surface area contributed by atoms with E-state index in [4.69, 9.17) is 0 Å². The van der Waals surface area contributed by atoms with E-state index in [1.165, 1.54) is 5.56 Å². The van der Waals surface area contributed by atoms with Gasteiger partial charge in [0, 0.05) is 38.0 Å². The molecule has 1 saturated heterocycles. The van der Waals surface area contributed by atoms with Crippen molar-refractivity contribution in [2.45, 2.75) is 25.7 Å². The van der Waals surface area contributed by atoms with Gasteiger partial charge >= 0.3 is 0 Å². The van der Waals surface area contributed by atoms with Gasteiger partial charge < -0.3 is 9.80 Å². The molecule has 1 amide bonds. The maximum Gasteiger partial charge on any atom is 0.233 e. The van der Waals surface area contributed by atoms with Gasteiger partial charge in [-0.25, -0.2) is 13.1 Å². The highest BCUT2D eigenvalue weighted by Crippen LogP contribution is 2.08. The summed E-state index contributed by atoms with van der Waals surface area (Å²) in [5.74, 6) is 0.00544. The lowest BCUT2D eigenvalue weighted by atomic mass is 10.1. The van der Waals surface area contributed by atoms with E-state index in [-0.39, 0.29) is 18.9 Å². The van der Waals surface area contributed by atoms with Crippen LogP contribution in [0.1, 0.15) is 30.4 Å². The van der Waals surface area contributed by atoms with Crippen LogP contribution in [0.5, 0.6) is 0 Å².